The molecule has 0 spiro atoms. The molecule has 0 N–H and O–H groups in total. The predicted molar refractivity (Wildman–Crippen MR) is 110 cm³/mol. The Hall–Kier alpha value is 0. The molecular weight excluding hydrogens is 204 g/mol. The molecule has 0 atom stereocenters. The van der Waals surface area contributed by atoms with Crippen LogP contribution in [0.1, 0.15) is 124 Å². The van der Waals surface area contributed by atoms with Gasteiger partial charge in [0.05, 0.1) is 0 Å². The predicted octanol–water partition coefficient (Wildman–Crippen LogP) is 10.3. The van der Waals surface area contributed by atoms with Gasteiger partial charge in [0.25, 0.3) is 0 Å². The Morgan fingerprint density at radius 2 is 0.176 bits per heavy atom. The summed E-state index contributed by atoms with van der Waals surface area (Å²) in [5.74, 6) is 0. The third-order valence-electron chi connectivity index (χ3n) is 0. The SMILES string of the molecule is C.C.C.C.C.C.C.C.C.C.C.C.C.CC.CC. The Kier molecular flexibility index (Phi) is 0. The van der Waals surface area contributed by atoms with Crippen molar-refractivity contribution in [2.75, 3.05) is 0 Å². The van der Waals surface area contributed by atoms with Gasteiger partial charge in [-0.25, -0.2) is 0 Å². The molecule has 0 aromatic carbocycles. The van der Waals surface area contributed by atoms with Crippen LogP contribution in [0.2, 0.25) is 0 Å². The van der Waals surface area contributed by atoms with Gasteiger partial charge in [0.2, 0.25) is 0 Å². The van der Waals surface area contributed by atoms with Crippen LogP contribution in [0, 0.1) is 0 Å². The minimum Gasteiger partial charge on any atom is -0.0776 e. The third kappa shape index (κ3) is 0. The summed E-state index contributed by atoms with van der Waals surface area (Å²) in [6.45, 7) is 8.00. The van der Waals surface area contributed by atoms with E-state index in [9.17, 15) is 0 Å². The lowest BCUT2D eigenvalue weighted by molar-refractivity contribution is 1.50. The highest BCUT2D eigenvalue weighted by Gasteiger charge is 0.934. The van der Waals surface area contributed by atoms with Crippen LogP contribution in [0.5, 0.6) is 0 Å². The van der Waals surface area contributed by atoms with Crippen molar-refractivity contribution in [1.29, 1.82) is 0 Å². The fourth-order valence-corrected chi connectivity index (χ4v) is 0. The first-order valence-electron chi connectivity index (χ1n) is 2.00. The Labute approximate surface area is 125 Å². The molecule has 0 aliphatic rings. The van der Waals surface area contributed by atoms with Crippen LogP contribution < -0.4 is 0 Å². The van der Waals surface area contributed by atoms with E-state index in [1.807, 2.05) is 27.7 Å². The summed E-state index contributed by atoms with van der Waals surface area (Å²) in [6.07, 6.45) is 0. The van der Waals surface area contributed by atoms with E-state index >= 15 is 0 Å². The van der Waals surface area contributed by atoms with Gasteiger partial charge in [0.15, 0.2) is 0 Å². The van der Waals surface area contributed by atoms with Crippen LogP contribution in [-0.4, -0.2) is 0 Å². The highest BCUT2D eigenvalue weighted by molar-refractivity contribution is 3.51. The van der Waals surface area contributed by atoms with E-state index in [0.29, 0.717) is 0 Å². The quantitative estimate of drug-likeness (QED) is 0.410. The maximum absolute atomic E-state index is 2.00. The van der Waals surface area contributed by atoms with E-state index in [2.05, 4.69) is 0 Å². The molecule has 0 heteroatoms. The molecule has 0 aromatic heterocycles. The average molecular weight is 269 g/mol. The van der Waals surface area contributed by atoms with E-state index in [1.54, 1.807) is 0 Å². The van der Waals surface area contributed by atoms with E-state index in [1.165, 1.54) is 0 Å². The van der Waals surface area contributed by atoms with Crippen molar-refractivity contribution in [3.8, 4) is 0 Å². The number of rotatable bonds is 0. The second kappa shape index (κ2) is 0. The molecule has 0 saturated heterocycles. The van der Waals surface area contributed by atoms with Crippen LogP contribution in [0.4, 0.5) is 0 Å². The van der Waals surface area contributed by atoms with Gasteiger partial charge in [-0.05, 0) is 0 Å². The summed E-state index contributed by atoms with van der Waals surface area (Å²) in [5.41, 5.74) is 0. The van der Waals surface area contributed by atoms with Crippen molar-refractivity contribution >= 4 is 0 Å². The minimum absolute atomic E-state index is 0. The molecule has 0 aliphatic carbocycles. The number of hydrogen-bond acceptors (Lipinski definition) is 0. The summed E-state index contributed by atoms with van der Waals surface area (Å²) in [4.78, 5) is 0. The maximum Gasteiger partial charge on any atom is -0.0683 e. The topological polar surface area (TPSA) is 0 Å². The molecule has 132 valence electrons. The normalized spacial score (nSPS) is 0.706. The summed E-state index contributed by atoms with van der Waals surface area (Å²) in [7, 11) is 0. The first-order valence-corrected chi connectivity index (χ1v) is 2.00. The highest BCUT2D eigenvalue weighted by atomic mass is 13.0. The Balaban J connectivity index is -0.000000000205. The van der Waals surface area contributed by atoms with Crippen LogP contribution in [0.25, 0.3) is 0 Å². The Morgan fingerprint density at radius 3 is 0.176 bits per heavy atom. The van der Waals surface area contributed by atoms with Crippen LogP contribution >= 0.6 is 0 Å². The molecule has 0 rings (SSSR count). The van der Waals surface area contributed by atoms with Gasteiger partial charge in [-0.15, -0.1) is 0 Å². The zero-order valence-electron chi connectivity index (χ0n) is 4.00. The minimum atomic E-state index is 0. The van der Waals surface area contributed by atoms with E-state index in [0.717, 1.165) is 0 Å². The van der Waals surface area contributed by atoms with Gasteiger partial charge in [0, 0.05) is 0 Å². The molecule has 17 heavy (non-hydrogen) atoms. The fourth-order valence-electron chi connectivity index (χ4n) is 0. The molecule has 0 bridgehead atoms. The molecule has 0 aliphatic heterocycles. The van der Waals surface area contributed by atoms with E-state index in [-0.39, 0.29) is 96.5 Å². The van der Waals surface area contributed by atoms with Crippen molar-refractivity contribution in [3.05, 3.63) is 0 Å². The molecule has 0 aromatic rings. The average Bonchev–Trinajstić information content (AvgIpc) is 1.50. The summed E-state index contributed by atoms with van der Waals surface area (Å²) in [5, 5.41) is 0. The summed E-state index contributed by atoms with van der Waals surface area (Å²) in [6, 6.07) is 0. The van der Waals surface area contributed by atoms with Gasteiger partial charge in [-0.1, -0.05) is 124 Å². The number of hydrogen-bond donors (Lipinski definition) is 0. The summed E-state index contributed by atoms with van der Waals surface area (Å²) < 4.78 is 0. The highest BCUT2D eigenvalue weighted by Crippen LogP contribution is 1.15. The zero-order chi connectivity index (χ0) is 4.00. The third-order valence-corrected chi connectivity index (χ3v) is 0. The van der Waals surface area contributed by atoms with Crippen molar-refractivity contribution in [3.63, 3.8) is 0 Å². The first-order chi connectivity index (χ1) is 2.00. The van der Waals surface area contributed by atoms with Crippen molar-refractivity contribution in [2.24, 2.45) is 0 Å². The lowest BCUT2D eigenvalue weighted by Crippen LogP contribution is -0.856. The largest absolute Gasteiger partial charge is 0.0776 e. The van der Waals surface area contributed by atoms with Gasteiger partial charge < -0.3 is 0 Å². The molecule has 0 radical (unpaired) electrons. The van der Waals surface area contributed by atoms with Gasteiger partial charge in [-0.2, -0.15) is 0 Å². The lowest BCUT2D eigenvalue weighted by Gasteiger charge is -1.07. The van der Waals surface area contributed by atoms with Crippen LogP contribution in [-0.2, 0) is 0 Å². The van der Waals surface area contributed by atoms with Gasteiger partial charge in [-0.3, -0.25) is 0 Å². The molecule has 0 unspecified atom stereocenters. The van der Waals surface area contributed by atoms with Gasteiger partial charge >= 0.3 is 0 Å². The van der Waals surface area contributed by atoms with Crippen molar-refractivity contribution in [1.82, 2.24) is 0 Å². The Bertz CT molecular complexity index is 0. The molecule has 0 amide bonds. The molecule has 0 fully saturated rings. The lowest BCUT2D eigenvalue weighted by atomic mass is 11.0. The molecule has 0 nitrogen and oxygen atoms in total. The van der Waals surface area contributed by atoms with Crippen molar-refractivity contribution in [2.45, 2.75) is 124 Å². The zero-order valence-corrected chi connectivity index (χ0v) is 4.00. The Morgan fingerprint density at radius 1 is 0.176 bits per heavy atom. The van der Waals surface area contributed by atoms with Crippen molar-refractivity contribution < 1.29 is 0 Å². The molecular formula is C17H64. The van der Waals surface area contributed by atoms with Crippen LogP contribution in [0.3, 0.4) is 0 Å². The fraction of sp³-hybridized carbons (Fsp3) is 1.00. The van der Waals surface area contributed by atoms with E-state index < -0.39 is 0 Å². The first kappa shape index (κ1) is 1090. The molecule has 0 heterocycles. The smallest absolute Gasteiger partial charge is 0.0683 e. The van der Waals surface area contributed by atoms with Gasteiger partial charge in [0.1, 0.15) is 0 Å². The summed E-state index contributed by atoms with van der Waals surface area (Å²) >= 11 is 0. The monoisotopic (exact) mass is 269 g/mol. The second-order valence-electron chi connectivity index (χ2n) is 0. The molecule has 0 saturated carbocycles. The standard InChI is InChI=1S/2C2H6.13CH4/c2*1-2;;;;;;;;;;;;;/h2*1-2H3;13*1H4. The van der Waals surface area contributed by atoms with Crippen LogP contribution in [0.15, 0.2) is 0 Å². The van der Waals surface area contributed by atoms with E-state index in [4.69, 9.17) is 0 Å². The second-order valence-corrected chi connectivity index (χ2v) is 0. The maximum atomic E-state index is 2.00.